The van der Waals surface area contributed by atoms with Crippen LogP contribution < -0.4 is 4.90 Å². The third-order valence-electron chi connectivity index (χ3n) is 4.85. The van der Waals surface area contributed by atoms with Gasteiger partial charge in [-0.1, -0.05) is 17.3 Å². The Labute approximate surface area is 156 Å². The summed E-state index contributed by atoms with van der Waals surface area (Å²) in [4.78, 5) is 11.0. The van der Waals surface area contributed by atoms with Gasteiger partial charge in [0.2, 0.25) is 5.65 Å². The maximum Gasteiger partial charge on any atom is 0.204 e. The second kappa shape index (κ2) is 5.70. The quantitative estimate of drug-likeness (QED) is 0.474. The van der Waals surface area contributed by atoms with E-state index < -0.39 is 0 Å². The Morgan fingerprint density at radius 2 is 2.12 bits per heavy atom. The fraction of sp³-hybridized carbons (Fsp3) is 0.222. The Balaban J connectivity index is 1.87. The van der Waals surface area contributed by atoms with E-state index in [0.717, 1.165) is 46.0 Å². The summed E-state index contributed by atoms with van der Waals surface area (Å²) >= 11 is 3.58. The summed E-state index contributed by atoms with van der Waals surface area (Å²) in [6, 6.07) is 5.06. The van der Waals surface area contributed by atoms with Crippen molar-refractivity contribution in [3.05, 3.63) is 46.4 Å². The Bertz CT molecular complexity index is 1170. The smallest absolute Gasteiger partial charge is 0.204 e. The second-order valence-electron chi connectivity index (χ2n) is 6.36. The lowest BCUT2D eigenvalue weighted by atomic mass is 10.0. The van der Waals surface area contributed by atoms with Crippen molar-refractivity contribution in [2.24, 2.45) is 7.05 Å². The molecule has 0 atom stereocenters. The number of hydrogen-bond donors (Lipinski definition) is 0. The van der Waals surface area contributed by atoms with E-state index in [1.165, 1.54) is 6.07 Å². The highest BCUT2D eigenvalue weighted by Gasteiger charge is 2.26. The van der Waals surface area contributed by atoms with E-state index in [0.29, 0.717) is 16.9 Å². The lowest BCUT2D eigenvalue weighted by Crippen LogP contribution is -2.26. The number of pyridine rings is 2. The number of halogens is 2. The van der Waals surface area contributed by atoms with Crippen LogP contribution in [0.4, 0.5) is 15.9 Å². The molecule has 0 amide bonds. The van der Waals surface area contributed by atoms with Crippen LogP contribution >= 0.6 is 15.9 Å². The van der Waals surface area contributed by atoms with Gasteiger partial charge in [0.15, 0.2) is 0 Å². The molecule has 0 saturated carbocycles. The molecule has 4 heterocycles. The third kappa shape index (κ3) is 2.14. The molecule has 0 bridgehead atoms. The Hall–Kier alpha value is -2.61. The fourth-order valence-corrected chi connectivity index (χ4v) is 4.22. The summed E-state index contributed by atoms with van der Waals surface area (Å²) in [6.45, 7) is 0.743. The zero-order valence-electron chi connectivity index (χ0n) is 13.9. The summed E-state index contributed by atoms with van der Waals surface area (Å²) in [7, 11) is 1.79. The number of anilines is 2. The zero-order valence-corrected chi connectivity index (χ0v) is 15.5. The number of benzene rings is 1. The highest BCUT2D eigenvalue weighted by atomic mass is 79.9. The van der Waals surface area contributed by atoms with E-state index in [1.54, 1.807) is 24.0 Å². The van der Waals surface area contributed by atoms with Crippen molar-refractivity contribution in [1.82, 2.24) is 25.0 Å². The molecule has 130 valence electrons. The molecule has 3 aromatic heterocycles. The second-order valence-corrected chi connectivity index (χ2v) is 7.21. The van der Waals surface area contributed by atoms with E-state index in [9.17, 15) is 4.39 Å². The van der Waals surface area contributed by atoms with Crippen LogP contribution in [0.2, 0.25) is 0 Å². The van der Waals surface area contributed by atoms with Crippen LogP contribution in [0.3, 0.4) is 0 Å². The fourth-order valence-electron chi connectivity index (χ4n) is 3.70. The number of aromatic nitrogens is 5. The Morgan fingerprint density at radius 3 is 3.00 bits per heavy atom. The Kier molecular flexibility index (Phi) is 3.43. The molecule has 8 heteroatoms. The summed E-state index contributed by atoms with van der Waals surface area (Å²) in [5, 5.41) is 9.46. The lowest BCUT2D eigenvalue weighted by molar-refractivity contribution is 0.639. The SMILES string of the molecule is Cn1nnc2nc(N3CCCc4c(Br)cncc43)c3c(F)cccc3c21. The minimum Gasteiger partial charge on any atom is -0.324 e. The minimum absolute atomic E-state index is 0.303. The number of hydrogen-bond acceptors (Lipinski definition) is 5. The molecule has 0 unspecified atom stereocenters. The molecule has 1 aliphatic rings. The molecule has 0 saturated heterocycles. The highest BCUT2D eigenvalue weighted by Crippen LogP contribution is 2.40. The molecule has 0 fully saturated rings. The van der Waals surface area contributed by atoms with Gasteiger partial charge in [-0.15, -0.1) is 5.10 Å². The molecular weight excluding hydrogens is 399 g/mol. The lowest BCUT2D eigenvalue weighted by Gasteiger charge is -2.31. The molecule has 1 aliphatic heterocycles. The van der Waals surface area contributed by atoms with Crippen molar-refractivity contribution in [3.8, 4) is 0 Å². The summed E-state index contributed by atoms with van der Waals surface area (Å²) < 4.78 is 17.5. The maximum absolute atomic E-state index is 14.9. The molecule has 1 aromatic carbocycles. The van der Waals surface area contributed by atoms with E-state index >= 15 is 0 Å². The molecule has 0 radical (unpaired) electrons. The van der Waals surface area contributed by atoms with E-state index in [-0.39, 0.29) is 5.82 Å². The van der Waals surface area contributed by atoms with Crippen molar-refractivity contribution >= 4 is 49.4 Å². The van der Waals surface area contributed by atoms with Gasteiger partial charge in [0.1, 0.15) is 17.2 Å². The van der Waals surface area contributed by atoms with Gasteiger partial charge >= 0.3 is 0 Å². The first-order chi connectivity index (χ1) is 12.6. The van der Waals surface area contributed by atoms with Gasteiger partial charge in [0, 0.05) is 29.6 Å². The van der Waals surface area contributed by atoms with Crippen LogP contribution in [0.25, 0.3) is 21.9 Å². The Morgan fingerprint density at radius 1 is 1.23 bits per heavy atom. The third-order valence-corrected chi connectivity index (χ3v) is 5.53. The van der Waals surface area contributed by atoms with Crippen molar-refractivity contribution < 1.29 is 4.39 Å². The van der Waals surface area contributed by atoms with E-state index in [1.807, 2.05) is 17.2 Å². The van der Waals surface area contributed by atoms with Crippen LogP contribution in [-0.2, 0) is 13.5 Å². The van der Waals surface area contributed by atoms with Gasteiger partial charge in [-0.2, -0.15) is 0 Å². The molecule has 0 spiro atoms. The summed E-state index contributed by atoms with van der Waals surface area (Å²) in [6.07, 6.45) is 5.50. The predicted molar refractivity (Wildman–Crippen MR) is 101 cm³/mol. The number of fused-ring (bicyclic) bond motifs is 4. The summed E-state index contributed by atoms with van der Waals surface area (Å²) in [5.74, 6) is 0.259. The van der Waals surface area contributed by atoms with Crippen LogP contribution in [0.5, 0.6) is 0 Å². The van der Waals surface area contributed by atoms with Crippen LogP contribution in [-0.4, -0.2) is 31.5 Å². The van der Waals surface area contributed by atoms with Gasteiger partial charge in [0.25, 0.3) is 0 Å². The first kappa shape index (κ1) is 15.6. The van der Waals surface area contributed by atoms with Gasteiger partial charge in [-0.25, -0.2) is 14.1 Å². The standard InChI is InChI=1S/C18H14BrFN6/c1-25-16-11-4-2-6-13(20)15(11)18(22-17(16)23-24-25)26-7-3-5-10-12(19)8-21-9-14(10)26/h2,4,6,8-9H,3,5,7H2,1H3. The number of nitrogens with zero attached hydrogens (tertiary/aromatic N) is 6. The van der Waals surface area contributed by atoms with Gasteiger partial charge in [-0.05, 0) is 40.4 Å². The largest absolute Gasteiger partial charge is 0.324 e. The zero-order chi connectivity index (χ0) is 17.8. The molecule has 26 heavy (non-hydrogen) atoms. The molecule has 0 aliphatic carbocycles. The maximum atomic E-state index is 14.9. The first-order valence-electron chi connectivity index (χ1n) is 8.32. The van der Waals surface area contributed by atoms with Crippen molar-refractivity contribution in [1.29, 1.82) is 0 Å². The highest BCUT2D eigenvalue weighted by molar-refractivity contribution is 9.10. The van der Waals surface area contributed by atoms with Gasteiger partial charge in [0.05, 0.1) is 17.3 Å². The monoisotopic (exact) mass is 412 g/mol. The molecule has 6 nitrogen and oxygen atoms in total. The average Bonchev–Trinajstić information content (AvgIpc) is 3.02. The van der Waals surface area contributed by atoms with Gasteiger partial charge < -0.3 is 4.90 Å². The van der Waals surface area contributed by atoms with Crippen LogP contribution in [0.1, 0.15) is 12.0 Å². The van der Waals surface area contributed by atoms with Crippen molar-refractivity contribution in [3.63, 3.8) is 0 Å². The van der Waals surface area contributed by atoms with Crippen molar-refractivity contribution in [2.45, 2.75) is 12.8 Å². The number of aryl methyl sites for hydroxylation is 1. The van der Waals surface area contributed by atoms with E-state index in [2.05, 4.69) is 36.2 Å². The minimum atomic E-state index is -0.303. The van der Waals surface area contributed by atoms with Crippen LogP contribution in [0.15, 0.2) is 35.1 Å². The van der Waals surface area contributed by atoms with Gasteiger partial charge in [-0.3, -0.25) is 4.98 Å². The molecular formula is C18H14BrFN6. The number of rotatable bonds is 1. The summed E-state index contributed by atoms with van der Waals surface area (Å²) in [5.41, 5.74) is 3.35. The molecule has 5 rings (SSSR count). The predicted octanol–water partition coefficient (Wildman–Crippen LogP) is 3.90. The van der Waals surface area contributed by atoms with Crippen molar-refractivity contribution in [2.75, 3.05) is 11.4 Å². The molecule has 0 N–H and O–H groups in total. The van der Waals surface area contributed by atoms with E-state index in [4.69, 9.17) is 0 Å². The topological polar surface area (TPSA) is 59.7 Å². The van der Waals surface area contributed by atoms with Crippen LogP contribution in [0, 0.1) is 5.82 Å². The normalized spacial score (nSPS) is 14.2. The first-order valence-corrected chi connectivity index (χ1v) is 9.12. The average molecular weight is 413 g/mol. The molecule has 4 aromatic rings.